The zero-order valence-electron chi connectivity index (χ0n) is 16.6. The van der Waals surface area contributed by atoms with Crippen molar-refractivity contribution in [2.45, 2.75) is 28.7 Å². The molecule has 1 aromatic heterocycles. The molecule has 2 nitrogen and oxygen atoms in total. The maximum atomic E-state index is 12.4. The van der Waals surface area contributed by atoms with Crippen molar-refractivity contribution in [3.8, 4) is 0 Å². The van der Waals surface area contributed by atoms with Crippen LogP contribution in [-0.2, 0) is 18.9 Å². The molecular weight excluding hydrogens is 470 g/mol. The van der Waals surface area contributed by atoms with Crippen molar-refractivity contribution in [2.24, 2.45) is 0 Å². The van der Waals surface area contributed by atoms with Crippen LogP contribution in [0.3, 0.4) is 0 Å². The van der Waals surface area contributed by atoms with Gasteiger partial charge in [-0.1, -0.05) is 17.8 Å². The quantitative estimate of drug-likeness (QED) is 0.222. The summed E-state index contributed by atoms with van der Waals surface area (Å²) in [6.45, 7) is 1.83. The Kier molecular flexibility index (Phi) is 9.92. The number of hydrogen-bond donors (Lipinski definition) is 2. The van der Waals surface area contributed by atoms with E-state index in [0.717, 1.165) is 54.9 Å². The van der Waals surface area contributed by atoms with Crippen molar-refractivity contribution in [2.75, 3.05) is 12.3 Å². The summed E-state index contributed by atoms with van der Waals surface area (Å²) in [7, 11) is 0. The first kappa shape index (κ1) is 26.1. The topological polar surface area (TPSA) is 24.9 Å². The third-order valence-electron chi connectivity index (χ3n) is 3.94. The largest absolute Gasteiger partial charge is 0.416 e. The van der Waals surface area contributed by atoms with Crippen LogP contribution in [0.5, 0.6) is 0 Å². The molecule has 172 valence electrons. The maximum Gasteiger partial charge on any atom is 0.416 e. The van der Waals surface area contributed by atoms with Gasteiger partial charge in [0, 0.05) is 41.0 Å². The predicted octanol–water partition coefficient (Wildman–Crippen LogP) is 6.98. The van der Waals surface area contributed by atoms with Gasteiger partial charge in [-0.05, 0) is 60.2 Å². The first-order valence-electron chi connectivity index (χ1n) is 9.32. The van der Waals surface area contributed by atoms with Gasteiger partial charge in [0.15, 0.2) is 0 Å². The minimum absolute atomic E-state index is 0.516. The molecule has 0 fully saturated rings. The molecule has 32 heavy (non-hydrogen) atoms. The van der Waals surface area contributed by atoms with Gasteiger partial charge in [-0.25, -0.2) is 0 Å². The highest BCUT2D eigenvalue weighted by atomic mass is 32.2. The van der Waals surface area contributed by atoms with Crippen molar-refractivity contribution in [3.05, 3.63) is 89.7 Å². The van der Waals surface area contributed by atoms with Crippen LogP contribution in [0.2, 0.25) is 0 Å². The van der Waals surface area contributed by atoms with Crippen molar-refractivity contribution in [1.29, 1.82) is 0 Å². The van der Waals surface area contributed by atoms with Gasteiger partial charge in [0.25, 0.3) is 0 Å². The Labute approximate surface area is 191 Å². The van der Waals surface area contributed by atoms with Gasteiger partial charge in [-0.2, -0.15) is 39.0 Å². The summed E-state index contributed by atoms with van der Waals surface area (Å²) in [6, 6.07) is 12.9. The fourth-order valence-corrected chi connectivity index (χ4v) is 3.35. The number of nitrogens with zero attached hydrogens (tertiary/aromatic N) is 1. The van der Waals surface area contributed by atoms with Crippen molar-refractivity contribution in [1.82, 2.24) is 10.3 Å². The third-order valence-corrected chi connectivity index (χ3v) is 5.18. The fourth-order valence-electron chi connectivity index (χ4n) is 2.37. The van der Waals surface area contributed by atoms with Crippen molar-refractivity contribution in [3.63, 3.8) is 0 Å². The summed E-state index contributed by atoms with van der Waals surface area (Å²) < 4.78 is 74.3. The Balaban J connectivity index is 0.000000278. The van der Waals surface area contributed by atoms with Crippen LogP contribution in [0.25, 0.3) is 0 Å². The molecule has 2 aromatic carbocycles. The van der Waals surface area contributed by atoms with Crippen LogP contribution in [-0.4, -0.2) is 17.3 Å². The van der Waals surface area contributed by atoms with E-state index in [1.807, 2.05) is 12.3 Å². The lowest BCUT2D eigenvalue weighted by Gasteiger charge is -2.09. The highest BCUT2D eigenvalue weighted by Gasteiger charge is 2.30. The predicted molar refractivity (Wildman–Crippen MR) is 117 cm³/mol. The van der Waals surface area contributed by atoms with Gasteiger partial charge in [-0.15, -0.1) is 0 Å². The summed E-state index contributed by atoms with van der Waals surface area (Å²) in [5.74, 6) is 0.875. The molecule has 10 heteroatoms. The minimum Gasteiger partial charge on any atom is -0.312 e. The number of thiol groups is 1. The first-order valence-corrected chi connectivity index (χ1v) is 10.8. The molecule has 0 atom stereocenters. The van der Waals surface area contributed by atoms with Gasteiger partial charge in [0.2, 0.25) is 0 Å². The normalized spacial score (nSPS) is 11.6. The molecular formula is C22H20F6N2S2. The smallest absolute Gasteiger partial charge is 0.312 e. The summed E-state index contributed by atoms with van der Waals surface area (Å²) in [5, 5.41) is 3.23. The molecule has 3 rings (SSSR count). The fraction of sp³-hybridized carbons (Fsp3) is 0.227. The lowest BCUT2D eigenvalue weighted by molar-refractivity contribution is -0.138. The molecule has 0 spiro atoms. The van der Waals surface area contributed by atoms with Crippen LogP contribution >= 0.6 is 24.4 Å². The highest BCUT2D eigenvalue weighted by Crippen LogP contribution is 2.35. The second kappa shape index (κ2) is 12.2. The first-order chi connectivity index (χ1) is 15.1. The molecule has 1 heterocycles. The minimum atomic E-state index is -4.41. The van der Waals surface area contributed by atoms with Crippen LogP contribution < -0.4 is 5.32 Å². The summed E-state index contributed by atoms with van der Waals surface area (Å²) in [5.41, 5.74) is -0.312. The SMILES string of the molecule is FC(F)(F)c1ccc(Sc2ccc(C(F)(F)F)cc2)cc1.SCCNCc1cccnc1. The molecule has 1 N–H and O–H groups in total. The lowest BCUT2D eigenvalue weighted by Crippen LogP contribution is -2.15. The van der Waals surface area contributed by atoms with E-state index in [9.17, 15) is 26.3 Å². The average molecular weight is 491 g/mol. The monoisotopic (exact) mass is 490 g/mol. The standard InChI is InChI=1S/C14H8F6S.C8H12N2S/c15-13(16,17)9-1-5-11(6-2-9)21-12-7-3-10(4-8-12)14(18,19)20;11-5-4-10-7-8-2-1-3-9-6-8/h1-8H;1-3,6,10-11H,4-5,7H2. The van der Waals surface area contributed by atoms with Gasteiger partial charge >= 0.3 is 12.4 Å². The summed E-state index contributed by atoms with van der Waals surface area (Å²) in [4.78, 5) is 5.04. The van der Waals surface area contributed by atoms with E-state index in [-0.39, 0.29) is 0 Å². The molecule has 0 aliphatic heterocycles. The molecule has 0 bridgehead atoms. The average Bonchev–Trinajstić information content (AvgIpc) is 2.75. The Morgan fingerprint density at radius 3 is 1.66 bits per heavy atom. The maximum absolute atomic E-state index is 12.4. The Morgan fingerprint density at radius 1 is 0.781 bits per heavy atom. The molecule has 0 saturated carbocycles. The van der Waals surface area contributed by atoms with E-state index in [2.05, 4.69) is 29.0 Å². The molecule has 0 unspecified atom stereocenters. The number of rotatable bonds is 6. The number of aromatic nitrogens is 1. The molecule has 0 radical (unpaired) electrons. The van der Waals surface area contributed by atoms with Gasteiger partial charge in [0.1, 0.15) is 0 Å². The zero-order valence-corrected chi connectivity index (χ0v) is 18.3. The molecule has 0 saturated heterocycles. The van der Waals surface area contributed by atoms with Crippen LogP contribution in [0.1, 0.15) is 16.7 Å². The second-order valence-electron chi connectivity index (χ2n) is 6.41. The highest BCUT2D eigenvalue weighted by molar-refractivity contribution is 7.99. The Bertz CT molecular complexity index is 872. The second-order valence-corrected chi connectivity index (χ2v) is 8.00. The van der Waals surface area contributed by atoms with E-state index < -0.39 is 23.5 Å². The molecule has 3 aromatic rings. The zero-order chi connectivity index (χ0) is 23.6. The van der Waals surface area contributed by atoms with E-state index in [1.54, 1.807) is 6.20 Å². The number of nitrogens with one attached hydrogen (secondary N) is 1. The Morgan fingerprint density at radius 2 is 1.28 bits per heavy atom. The van der Waals surface area contributed by atoms with Crippen LogP contribution in [0.4, 0.5) is 26.3 Å². The molecule has 0 aliphatic carbocycles. The lowest BCUT2D eigenvalue weighted by atomic mass is 10.2. The van der Waals surface area contributed by atoms with Gasteiger partial charge in [0.05, 0.1) is 11.1 Å². The van der Waals surface area contributed by atoms with Gasteiger partial charge in [-0.3, -0.25) is 4.98 Å². The van der Waals surface area contributed by atoms with E-state index >= 15 is 0 Å². The summed E-state index contributed by atoms with van der Waals surface area (Å²) in [6.07, 6.45) is -5.16. The number of pyridine rings is 1. The molecule has 0 aliphatic rings. The van der Waals surface area contributed by atoms with Crippen LogP contribution in [0.15, 0.2) is 82.8 Å². The molecule has 0 amide bonds. The van der Waals surface area contributed by atoms with Crippen molar-refractivity contribution < 1.29 is 26.3 Å². The van der Waals surface area contributed by atoms with Gasteiger partial charge < -0.3 is 5.32 Å². The van der Waals surface area contributed by atoms with E-state index in [4.69, 9.17) is 0 Å². The summed E-state index contributed by atoms with van der Waals surface area (Å²) >= 11 is 5.18. The Hall–Kier alpha value is -2.17. The third kappa shape index (κ3) is 9.13. The van der Waals surface area contributed by atoms with E-state index in [1.165, 1.54) is 29.8 Å². The van der Waals surface area contributed by atoms with Crippen molar-refractivity contribution >= 4 is 24.4 Å². The number of hydrogen-bond acceptors (Lipinski definition) is 4. The number of alkyl halides is 6. The number of benzene rings is 2. The van der Waals surface area contributed by atoms with Crippen LogP contribution in [0, 0.1) is 0 Å². The van der Waals surface area contributed by atoms with E-state index in [0.29, 0.717) is 9.79 Å². The number of halogens is 6.